The number of likely N-dealkylation sites (N-methyl/N-ethyl adjacent to an activating group) is 1. The molecule has 0 spiro atoms. The number of hydrogen-bond acceptors (Lipinski definition) is 5. The molecular formula is C20H16BrNO4. The van der Waals surface area contributed by atoms with Crippen LogP contribution in [0.2, 0.25) is 0 Å². The van der Waals surface area contributed by atoms with E-state index in [1.165, 1.54) is 28.0 Å². The fraction of sp³-hybridized carbons (Fsp3) is 0.300. The Labute approximate surface area is 159 Å². The van der Waals surface area contributed by atoms with Gasteiger partial charge in [-0.25, -0.2) is 0 Å². The second-order valence-electron chi connectivity index (χ2n) is 6.98. The van der Waals surface area contributed by atoms with E-state index < -0.39 is 0 Å². The van der Waals surface area contributed by atoms with Crippen molar-refractivity contribution in [2.45, 2.75) is 12.8 Å². The zero-order chi connectivity index (χ0) is 17.4. The summed E-state index contributed by atoms with van der Waals surface area (Å²) in [6.07, 6.45) is 1.83. The lowest BCUT2D eigenvalue weighted by molar-refractivity contribution is 0.173. The molecule has 0 unspecified atom stereocenters. The first kappa shape index (κ1) is 14.8. The third-order valence-electron chi connectivity index (χ3n) is 5.61. The number of nitrogens with zero attached hydrogens (tertiary/aromatic N) is 1. The van der Waals surface area contributed by atoms with Crippen molar-refractivity contribution in [3.8, 4) is 23.0 Å². The minimum absolute atomic E-state index is 0.278. The summed E-state index contributed by atoms with van der Waals surface area (Å²) in [4.78, 5) is 2.34. The fourth-order valence-corrected chi connectivity index (χ4v) is 4.95. The van der Waals surface area contributed by atoms with Crippen LogP contribution in [-0.2, 0) is 12.8 Å². The summed E-state index contributed by atoms with van der Waals surface area (Å²) < 4.78 is 23.8. The Morgan fingerprint density at radius 2 is 1.73 bits per heavy atom. The van der Waals surface area contributed by atoms with Crippen LogP contribution < -0.4 is 18.9 Å². The highest BCUT2D eigenvalue weighted by molar-refractivity contribution is 9.10. The van der Waals surface area contributed by atoms with Crippen LogP contribution in [0.5, 0.6) is 23.0 Å². The van der Waals surface area contributed by atoms with Crippen LogP contribution in [0.25, 0.3) is 11.3 Å². The summed E-state index contributed by atoms with van der Waals surface area (Å²) in [5, 5.41) is 0. The second kappa shape index (κ2) is 5.10. The molecule has 0 amide bonds. The van der Waals surface area contributed by atoms with Gasteiger partial charge in [0, 0.05) is 30.0 Å². The highest BCUT2D eigenvalue weighted by Gasteiger charge is 2.36. The summed E-state index contributed by atoms with van der Waals surface area (Å²) in [6, 6.07) is 6.31. The van der Waals surface area contributed by atoms with E-state index in [0.29, 0.717) is 6.79 Å². The highest BCUT2D eigenvalue weighted by Crippen LogP contribution is 2.53. The van der Waals surface area contributed by atoms with E-state index in [4.69, 9.17) is 18.9 Å². The number of benzene rings is 2. The van der Waals surface area contributed by atoms with Gasteiger partial charge in [-0.3, -0.25) is 0 Å². The number of hydrogen-bond donors (Lipinski definition) is 0. The monoisotopic (exact) mass is 413 g/mol. The predicted octanol–water partition coefficient (Wildman–Crippen LogP) is 3.82. The summed E-state index contributed by atoms with van der Waals surface area (Å²) in [6.45, 7) is 1.52. The maximum absolute atomic E-state index is 5.85. The molecule has 2 aromatic rings. The molecule has 0 bridgehead atoms. The van der Waals surface area contributed by atoms with E-state index >= 15 is 0 Å². The maximum atomic E-state index is 5.85. The minimum Gasteiger partial charge on any atom is -0.454 e. The lowest BCUT2D eigenvalue weighted by Gasteiger charge is -2.22. The van der Waals surface area contributed by atoms with E-state index in [-0.39, 0.29) is 6.79 Å². The Morgan fingerprint density at radius 3 is 2.62 bits per heavy atom. The quantitative estimate of drug-likeness (QED) is 0.656. The molecule has 0 radical (unpaired) electrons. The van der Waals surface area contributed by atoms with E-state index in [1.807, 2.05) is 6.07 Å². The number of fused-ring (bicyclic) bond motifs is 7. The number of halogens is 1. The largest absolute Gasteiger partial charge is 0.454 e. The second-order valence-corrected chi connectivity index (χ2v) is 7.84. The first-order valence-electron chi connectivity index (χ1n) is 8.69. The van der Waals surface area contributed by atoms with Gasteiger partial charge < -0.3 is 23.8 Å². The molecule has 0 saturated carbocycles. The van der Waals surface area contributed by atoms with Gasteiger partial charge in [0.2, 0.25) is 13.6 Å². The standard InChI is InChI=1S/C20H16BrNO4/c1-22-3-2-10-4-15-16(24-8-23-15)6-11(10)12-5-13-14(21)7-17-20(26-9-25-17)18(13)19(12)22/h4,6-7H,2-3,5,8-9H2,1H3. The van der Waals surface area contributed by atoms with Crippen LogP contribution in [-0.4, -0.2) is 32.1 Å². The van der Waals surface area contributed by atoms with E-state index in [9.17, 15) is 0 Å². The molecule has 26 heavy (non-hydrogen) atoms. The molecule has 3 aliphatic heterocycles. The molecule has 0 saturated heterocycles. The van der Waals surface area contributed by atoms with Gasteiger partial charge in [-0.2, -0.15) is 0 Å². The van der Waals surface area contributed by atoms with Crippen LogP contribution in [0.1, 0.15) is 22.3 Å². The van der Waals surface area contributed by atoms with Crippen LogP contribution in [0.4, 0.5) is 0 Å². The average molecular weight is 414 g/mol. The van der Waals surface area contributed by atoms with Crippen molar-refractivity contribution in [2.75, 3.05) is 27.2 Å². The smallest absolute Gasteiger partial charge is 0.231 e. The highest BCUT2D eigenvalue weighted by atomic mass is 79.9. The van der Waals surface area contributed by atoms with Gasteiger partial charge >= 0.3 is 0 Å². The van der Waals surface area contributed by atoms with Crippen molar-refractivity contribution in [3.05, 3.63) is 44.9 Å². The molecule has 0 atom stereocenters. The molecule has 0 aromatic heterocycles. The van der Waals surface area contributed by atoms with Crippen molar-refractivity contribution in [2.24, 2.45) is 0 Å². The summed E-state index contributed by atoms with van der Waals surface area (Å²) in [7, 11) is 2.15. The van der Waals surface area contributed by atoms with Crippen LogP contribution in [0.3, 0.4) is 0 Å². The van der Waals surface area contributed by atoms with Crippen LogP contribution >= 0.6 is 15.9 Å². The molecule has 132 valence electrons. The maximum Gasteiger partial charge on any atom is 0.231 e. The van der Waals surface area contributed by atoms with Gasteiger partial charge in [0.25, 0.3) is 0 Å². The zero-order valence-electron chi connectivity index (χ0n) is 14.2. The predicted molar refractivity (Wildman–Crippen MR) is 99.7 cm³/mol. The Hall–Kier alpha value is -2.34. The summed E-state index contributed by atoms with van der Waals surface area (Å²) >= 11 is 3.74. The number of ether oxygens (including phenoxy) is 4. The Bertz CT molecular complexity index is 1010. The van der Waals surface area contributed by atoms with Crippen LogP contribution in [0, 0.1) is 0 Å². The topological polar surface area (TPSA) is 40.2 Å². The van der Waals surface area contributed by atoms with E-state index in [1.54, 1.807) is 0 Å². The van der Waals surface area contributed by atoms with Crippen LogP contribution in [0.15, 0.2) is 22.7 Å². The molecule has 2 aromatic carbocycles. The van der Waals surface area contributed by atoms with Gasteiger partial charge in [-0.15, -0.1) is 0 Å². The van der Waals surface area contributed by atoms with Gasteiger partial charge in [0.05, 0.1) is 5.70 Å². The molecule has 1 aliphatic carbocycles. The van der Waals surface area contributed by atoms with Gasteiger partial charge in [-0.05, 0) is 46.9 Å². The Morgan fingerprint density at radius 1 is 0.962 bits per heavy atom. The lowest BCUT2D eigenvalue weighted by Crippen LogP contribution is -2.18. The molecule has 5 nitrogen and oxygen atoms in total. The first-order chi connectivity index (χ1) is 12.7. The Balaban J connectivity index is 1.62. The van der Waals surface area contributed by atoms with Crippen molar-refractivity contribution in [3.63, 3.8) is 0 Å². The van der Waals surface area contributed by atoms with Crippen molar-refractivity contribution in [1.82, 2.24) is 4.90 Å². The fourth-order valence-electron chi connectivity index (χ4n) is 4.40. The van der Waals surface area contributed by atoms with Gasteiger partial charge in [0.15, 0.2) is 23.0 Å². The Kier molecular flexibility index (Phi) is 2.90. The SMILES string of the molecule is CN1CCc2cc3c(cc2C2=C1c1c(c(Br)cc4c1OCO4)C2)OCO3. The lowest BCUT2D eigenvalue weighted by atomic mass is 9.96. The molecular weight excluding hydrogens is 398 g/mol. The molecule has 6 rings (SSSR count). The molecule has 0 N–H and O–H groups in total. The van der Waals surface area contributed by atoms with Crippen molar-refractivity contribution >= 4 is 27.2 Å². The first-order valence-corrected chi connectivity index (χ1v) is 9.48. The molecule has 0 fully saturated rings. The summed E-state index contributed by atoms with van der Waals surface area (Å²) in [5.41, 5.74) is 7.54. The molecule has 3 heterocycles. The van der Waals surface area contributed by atoms with Crippen molar-refractivity contribution < 1.29 is 18.9 Å². The average Bonchev–Trinajstić information content (AvgIpc) is 3.33. The molecule has 6 heteroatoms. The van der Waals surface area contributed by atoms with Gasteiger partial charge in [-0.1, -0.05) is 15.9 Å². The number of rotatable bonds is 0. The van der Waals surface area contributed by atoms with E-state index in [2.05, 4.69) is 40.0 Å². The third-order valence-corrected chi connectivity index (χ3v) is 6.32. The third kappa shape index (κ3) is 1.85. The zero-order valence-corrected chi connectivity index (χ0v) is 15.8. The molecule has 4 aliphatic rings. The normalized spacial score (nSPS) is 18.6. The summed E-state index contributed by atoms with van der Waals surface area (Å²) in [5.74, 6) is 3.36. The van der Waals surface area contributed by atoms with E-state index in [0.717, 1.165) is 52.4 Å². The minimum atomic E-state index is 0.278. The van der Waals surface area contributed by atoms with Crippen molar-refractivity contribution in [1.29, 1.82) is 0 Å². The number of allylic oxidation sites excluding steroid dienone is 1. The van der Waals surface area contributed by atoms with Gasteiger partial charge in [0.1, 0.15) is 0 Å².